The summed E-state index contributed by atoms with van der Waals surface area (Å²) < 4.78 is 0. The van der Waals surface area contributed by atoms with Crippen LogP contribution in [0.3, 0.4) is 0 Å². The summed E-state index contributed by atoms with van der Waals surface area (Å²) in [4.78, 5) is 12.6. The molecule has 0 fully saturated rings. The second kappa shape index (κ2) is 8.44. The standard InChI is InChI=1S/C17H15Cl2N3O2/c18-14-6-5-12(10-20)13(9-14)11-22(8-7-21-17(23)24)16-4-2-1-3-15(16)19/h1-6,9,21H,7-8,11H2,(H,23,24). The molecule has 0 aliphatic rings. The Kier molecular flexibility index (Phi) is 6.30. The first kappa shape index (κ1) is 17.9. The quantitative estimate of drug-likeness (QED) is 0.808. The van der Waals surface area contributed by atoms with Crippen molar-refractivity contribution in [1.29, 1.82) is 5.26 Å². The highest BCUT2D eigenvalue weighted by molar-refractivity contribution is 6.33. The zero-order valence-electron chi connectivity index (χ0n) is 12.7. The number of halogens is 2. The van der Waals surface area contributed by atoms with Crippen molar-refractivity contribution < 1.29 is 9.90 Å². The van der Waals surface area contributed by atoms with Gasteiger partial charge in [0.25, 0.3) is 0 Å². The van der Waals surface area contributed by atoms with E-state index < -0.39 is 6.09 Å². The third-order valence-corrected chi connectivity index (χ3v) is 3.95. The lowest BCUT2D eigenvalue weighted by Gasteiger charge is -2.26. The van der Waals surface area contributed by atoms with E-state index in [1.807, 2.05) is 23.1 Å². The molecule has 1 amide bonds. The molecule has 24 heavy (non-hydrogen) atoms. The van der Waals surface area contributed by atoms with Crippen LogP contribution in [0.15, 0.2) is 42.5 Å². The number of nitriles is 1. The van der Waals surface area contributed by atoms with Gasteiger partial charge in [0.2, 0.25) is 0 Å². The van der Waals surface area contributed by atoms with Crippen molar-refractivity contribution in [3.8, 4) is 6.07 Å². The summed E-state index contributed by atoms with van der Waals surface area (Å²) in [7, 11) is 0. The first-order valence-corrected chi connectivity index (χ1v) is 7.91. The molecule has 0 aromatic heterocycles. The summed E-state index contributed by atoms with van der Waals surface area (Å²) in [6, 6.07) is 14.5. The third-order valence-electron chi connectivity index (χ3n) is 3.40. The summed E-state index contributed by atoms with van der Waals surface area (Å²) >= 11 is 12.3. The molecule has 0 spiro atoms. The van der Waals surface area contributed by atoms with Crippen LogP contribution in [0.4, 0.5) is 10.5 Å². The van der Waals surface area contributed by atoms with E-state index in [0.29, 0.717) is 28.7 Å². The second-order valence-electron chi connectivity index (χ2n) is 5.02. The summed E-state index contributed by atoms with van der Waals surface area (Å²) in [5.41, 5.74) is 2.03. The van der Waals surface area contributed by atoms with Crippen LogP contribution >= 0.6 is 23.2 Å². The number of carboxylic acid groups (broad SMARTS) is 1. The van der Waals surface area contributed by atoms with Gasteiger partial charge in [-0.2, -0.15) is 5.26 Å². The average Bonchev–Trinajstić information content (AvgIpc) is 2.54. The van der Waals surface area contributed by atoms with Gasteiger partial charge in [-0.1, -0.05) is 35.3 Å². The maximum absolute atomic E-state index is 10.7. The van der Waals surface area contributed by atoms with Crippen LogP contribution in [0, 0.1) is 11.3 Å². The van der Waals surface area contributed by atoms with Crippen molar-refractivity contribution in [2.45, 2.75) is 6.54 Å². The van der Waals surface area contributed by atoms with Gasteiger partial charge in [-0.05, 0) is 35.9 Å². The largest absolute Gasteiger partial charge is 0.465 e. The highest BCUT2D eigenvalue weighted by Gasteiger charge is 2.14. The van der Waals surface area contributed by atoms with E-state index in [2.05, 4.69) is 11.4 Å². The minimum Gasteiger partial charge on any atom is -0.465 e. The Morgan fingerprint density at radius 2 is 2.00 bits per heavy atom. The van der Waals surface area contributed by atoms with E-state index in [0.717, 1.165) is 11.3 Å². The van der Waals surface area contributed by atoms with E-state index in [4.69, 9.17) is 28.3 Å². The van der Waals surface area contributed by atoms with Crippen molar-refractivity contribution in [2.75, 3.05) is 18.0 Å². The minimum absolute atomic E-state index is 0.225. The van der Waals surface area contributed by atoms with Gasteiger partial charge in [0, 0.05) is 24.7 Å². The fourth-order valence-electron chi connectivity index (χ4n) is 2.30. The fraction of sp³-hybridized carbons (Fsp3) is 0.176. The smallest absolute Gasteiger partial charge is 0.404 e. The number of carbonyl (C=O) groups is 1. The van der Waals surface area contributed by atoms with Crippen molar-refractivity contribution >= 4 is 35.0 Å². The van der Waals surface area contributed by atoms with Gasteiger partial charge < -0.3 is 15.3 Å². The van der Waals surface area contributed by atoms with Gasteiger partial charge in [-0.25, -0.2) is 4.79 Å². The van der Waals surface area contributed by atoms with Crippen LogP contribution in [0.5, 0.6) is 0 Å². The van der Waals surface area contributed by atoms with Crippen LogP contribution in [0.1, 0.15) is 11.1 Å². The number of nitrogens with zero attached hydrogens (tertiary/aromatic N) is 2. The molecule has 2 aromatic carbocycles. The van der Waals surface area contributed by atoms with Gasteiger partial charge in [-0.3, -0.25) is 0 Å². The number of benzene rings is 2. The average molecular weight is 364 g/mol. The molecule has 2 N–H and O–H groups in total. The molecular weight excluding hydrogens is 349 g/mol. The fourth-order valence-corrected chi connectivity index (χ4v) is 2.75. The topological polar surface area (TPSA) is 76.4 Å². The Bertz CT molecular complexity index is 775. The van der Waals surface area contributed by atoms with E-state index in [1.165, 1.54) is 0 Å². The highest BCUT2D eigenvalue weighted by Crippen LogP contribution is 2.27. The Labute approximate surface area is 150 Å². The van der Waals surface area contributed by atoms with Crippen molar-refractivity contribution in [1.82, 2.24) is 5.32 Å². The Balaban J connectivity index is 2.29. The Morgan fingerprint density at radius 3 is 2.67 bits per heavy atom. The molecule has 0 atom stereocenters. The number of para-hydroxylation sites is 1. The molecule has 124 valence electrons. The highest BCUT2D eigenvalue weighted by atomic mass is 35.5. The van der Waals surface area contributed by atoms with E-state index in [1.54, 1.807) is 24.3 Å². The van der Waals surface area contributed by atoms with Gasteiger partial charge in [0.15, 0.2) is 0 Å². The molecule has 0 heterocycles. The molecule has 0 aliphatic heterocycles. The van der Waals surface area contributed by atoms with Crippen molar-refractivity contribution in [2.24, 2.45) is 0 Å². The molecular formula is C17H15Cl2N3O2. The molecule has 0 bridgehead atoms. The van der Waals surface area contributed by atoms with Crippen LogP contribution in [0.2, 0.25) is 10.0 Å². The first-order chi connectivity index (χ1) is 11.5. The van der Waals surface area contributed by atoms with E-state index in [9.17, 15) is 10.1 Å². The predicted molar refractivity (Wildman–Crippen MR) is 94.7 cm³/mol. The van der Waals surface area contributed by atoms with Gasteiger partial charge in [0.05, 0.1) is 22.3 Å². The normalized spacial score (nSPS) is 10.0. The SMILES string of the molecule is N#Cc1ccc(Cl)cc1CN(CCNC(=O)O)c1ccccc1Cl. The van der Waals surface area contributed by atoms with Gasteiger partial charge in [-0.15, -0.1) is 0 Å². The molecule has 0 radical (unpaired) electrons. The van der Waals surface area contributed by atoms with Crippen molar-refractivity contribution in [3.05, 3.63) is 63.6 Å². The van der Waals surface area contributed by atoms with Crippen LogP contribution < -0.4 is 10.2 Å². The number of hydrogen-bond donors (Lipinski definition) is 2. The van der Waals surface area contributed by atoms with Crippen LogP contribution in [0.25, 0.3) is 0 Å². The third kappa shape index (κ3) is 4.79. The molecule has 7 heteroatoms. The molecule has 2 aromatic rings. The number of hydrogen-bond acceptors (Lipinski definition) is 3. The first-order valence-electron chi connectivity index (χ1n) is 7.16. The van der Waals surface area contributed by atoms with Crippen LogP contribution in [-0.4, -0.2) is 24.3 Å². The minimum atomic E-state index is -1.09. The van der Waals surface area contributed by atoms with Crippen molar-refractivity contribution in [3.63, 3.8) is 0 Å². The Morgan fingerprint density at radius 1 is 1.25 bits per heavy atom. The van der Waals surface area contributed by atoms with E-state index in [-0.39, 0.29) is 6.54 Å². The lowest BCUT2D eigenvalue weighted by molar-refractivity contribution is 0.194. The Hall–Kier alpha value is -2.42. The molecule has 0 saturated carbocycles. The second-order valence-corrected chi connectivity index (χ2v) is 5.86. The maximum atomic E-state index is 10.7. The number of anilines is 1. The number of rotatable bonds is 6. The molecule has 0 saturated heterocycles. The van der Waals surface area contributed by atoms with Gasteiger partial charge >= 0.3 is 6.09 Å². The van der Waals surface area contributed by atoms with Crippen LogP contribution in [-0.2, 0) is 6.54 Å². The molecule has 5 nitrogen and oxygen atoms in total. The lowest BCUT2D eigenvalue weighted by atomic mass is 10.1. The predicted octanol–water partition coefficient (Wildman–Crippen LogP) is 4.14. The summed E-state index contributed by atoms with van der Waals surface area (Å²) in [6.07, 6.45) is -1.09. The lowest BCUT2D eigenvalue weighted by Crippen LogP contribution is -2.34. The zero-order valence-corrected chi connectivity index (χ0v) is 14.2. The molecule has 0 unspecified atom stereocenters. The summed E-state index contributed by atoms with van der Waals surface area (Å²) in [5.74, 6) is 0. The summed E-state index contributed by atoms with van der Waals surface area (Å²) in [5, 5.41) is 21.4. The molecule has 2 rings (SSSR count). The molecule has 0 aliphatic carbocycles. The van der Waals surface area contributed by atoms with E-state index >= 15 is 0 Å². The number of nitrogens with one attached hydrogen (secondary N) is 1. The monoisotopic (exact) mass is 363 g/mol. The summed E-state index contributed by atoms with van der Waals surface area (Å²) in [6.45, 7) is 1.00. The maximum Gasteiger partial charge on any atom is 0.404 e. The van der Waals surface area contributed by atoms with Gasteiger partial charge in [0.1, 0.15) is 0 Å². The number of amides is 1. The zero-order chi connectivity index (χ0) is 17.5.